The number of benzene rings is 2. The summed E-state index contributed by atoms with van der Waals surface area (Å²) >= 11 is 0. The number of nitrogens with one attached hydrogen (secondary N) is 1. The van der Waals surface area contributed by atoms with Crippen LogP contribution in [-0.4, -0.2) is 34.7 Å². The summed E-state index contributed by atoms with van der Waals surface area (Å²) in [7, 11) is -2.28. The molecule has 0 aromatic heterocycles. The second-order valence-electron chi connectivity index (χ2n) is 6.19. The second kappa shape index (κ2) is 7.98. The molecule has 0 aliphatic carbocycles. The van der Waals surface area contributed by atoms with Gasteiger partial charge in [-0.15, -0.1) is 0 Å². The number of hydrogen-bond donors (Lipinski definition) is 1. The summed E-state index contributed by atoms with van der Waals surface area (Å²) in [4.78, 5) is 11.4. The maximum Gasteiger partial charge on any atom is 0.337 e. The fourth-order valence-electron chi connectivity index (χ4n) is 2.78. The van der Waals surface area contributed by atoms with Crippen molar-refractivity contribution in [3.63, 3.8) is 0 Å². The van der Waals surface area contributed by atoms with Crippen LogP contribution >= 0.6 is 0 Å². The van der Waals surface area contributed by atoms with E-state index in [0.29, 0.717) is 35.8 Å². The molecular weight excluding hydrogens is 370 g/mol. The van der Waals surface area contributed by atoms with Gasteiger partial charge in [-0.3, -0.25) is 0 Å². The average Bonchev–Trinajstić information content (AvgIpc) is 2.66. The Morgan fingerprint density at radius 1 is 1.11 bits per heavy atom. The first-order valence-corrected chi connectivity index (χ1v) is 10.1. The molecule has 0 bridgehead atoms. The molecule has 0 spiro atoms. The molecule has 0 saturated carbocycles. The highest BCUT2D eigenvalue weighted by atomic mass is 32.2. The summed E-state index contributed by atoms with van der Waals surface area (Å²) < 4.78 is 43.3. The van der Waals surface area contributed by atoms with E-state index in [1.807, 2.05) is 6.07 Å². The lowest BCUT2D eigenvalue weighted by atomic mass is 10.1. The molecule has 8 heteroatoms. The smallest absolute Gasteiger partial charge is 0.337 e. The van der Waals surface area contributed by atoms with Crippen molar-refractivity contribution in [2.24, 2.45) is 0 Å². The molecule has 0 unspecified atom stereocenters. The molecule has 1 heterocycles. The Morgan fingerprint density at radius 3 is 2.44 bits per heavy atom. The number of hydrogen-bond acceptors (Lipinski definition) is 6. The summed E-state index contributed by atoms with van der Waals surface area (Å²) in [6.07, 6.45) is 0. The van der Waals surface area contributed by atoms with Gasteiger partial charge in [0.25, 0.3) is 0 Å². The third-order valence-electron chi connectivity index (χ3n) is 4.15. The SMILES string of the molecule is COC(=O)c1ccc(CS(=O)(=O)N[C@H](C)c2ccc3c(c2)OCCO3)cc1. The van der Waals surface area contributed by atoms with Crippen LogP contribution in [0.1, 0.15) is 34.5 Å². The van der Waals surface area contributed by atoms with Gasteiger partial charge in [0.1, 0.15) is 13.2 Å². The van der Waals surface area contributed by atoms with E-state index in [-0.39, 0.29) is 5.75 Å². The Morgan fingerprint density at radius 2 is 1.78 bits per heavy atom. The van der Waals surface area contributed by atoms with Crippen LogP contribution in [-0.2, 0) is 20.5 Å². The number of ether oxygens (including phenoxy) is 3. The first-order chi connectivity index (χ1) is 12.9. The Hall–Kier alpha value is -2.58. The van der Waals surface area contributed by atoms with Crippen molar-refractivity contribution in [1.82, 2.24) is 4.72 Å². The van der Waals surface area contributed by atoms with Crippen LogP contribution < -0.4 is 14.2 Å². The van der Waals surface area contributed by atoms with E-state index in [9.17, 15) is 13.2 Å². The van der Waals surface area contributed by atoms with Crippen LogP contribution in [0.15, 0.2) is 42.5 Å². The first-order valence-electron chi connectivity index (χ1n) is 8.45. The molecule has 2 aromatic carbocycles. The van der Waals surface area contributed by atoms with Crippen molar-refractivity contribution < 1.29 is 27.4 Å². The highest BCUT2D eigenvalue weighted by Gasteiger charge is 2.19. The summed E-state index contributed by atoms with van der Waals surface area (Å²) in [5.74, 6) is 0.618. The number of sulfonamides is 1. The zero-order valence-corrected chi connectivity index (χ0v) is 15.9. The molecule has 1 atom stereocenters. The van der Waals surface area contributed by atoms with Crippen LogP contribution in [0.3, 0.4) is 0 Å². The summed E-state index contributed by atoms with van der Waals surface area (Å²) in [5.41, 5.74) is 1.73. The van der Waals surface area contributed by atoms with E-state index in [1.54, 1.807) is 43.3 Å². The number of fused-ring (bicyclic) bond motifs is 1. The molecule has 3 rings (SSSR count). The molecule has 27 heavy (non-hydrogen) atoms. The average molecular weight is 391 g/mol. The Kier molecular flexibility index (Phi) is 5.67. The minimum Gasteiger partial charge on any atom is -0.486 e. The summed E-state index contributed by atoms with van der Waals surface area (Å²) in [5, 5.41) is 0. The first kappa shape index (κ1) is 19.2. The third-order valence-corrected chi connectivity index (χ3v) is 5.58. The van der Waals surface area contributed by atoms with Gasteiger partial charge in [0, 0.05) is 6.04 Å². The number of carbonyl (C=O) groups is 1. The molecule has 1 aliphatic rings. The zero-order chi connectivity index (χ0) is 19.4. The van der Waals surface area contributed by atoms with Crippen molar-refractivity contribution >= 4 is 16.0 Å². The van der Waals surface area contributed by atoms with Crippen molar-refractivity contribution in [3.05, 3.63) is 59.2 Å². The van der Waals surface area contributed by atoms with Crippen LogP contribution in [0.2, 0.25) is 0 Å². The van der Waals surface area contributed by atoms with Gasteiger partial charge < -0.3 is 14.2 Å². The minimum absolute atomic E-state index is 0.191. The molecule has 144 valence electrons. The Labute approximate surface area is 158 Å². The van der Waals surface area contributed by atoms with Crippen LogP contribution in [0.25, 0.3) is 0 Å². The van der Waals surface area contributed by atoms with Gasteiger partial charge in [-0.2, -0.15) is 0 Å². The molecule has 0 fully saturated rings. The van der Waals surface area contributed by atoms with Gasteiger partial charge in [-0.25, -0.2) is 17.9 Å². The largest absolute Gasteiger partial charge is 0.486 e. The quantitative estimate of drug-likeness (QED) is 0.761. The number of methoxy groups -OCH3 is 1. The monoisotopic (exact) mass is 391 g/mol. The van der Waals surface area contributed by atoms with E-state index < -0.39 is 22.0 Å². The van der Waals surface area contributed by atoms with Gasteiger partial charge in [0.2, 0.25) is 10.0 Å². The van der Waals surface area contributed by atoms with E-state index in [0.717, 1.165) is 5.56 Å². The van der Waals surface area contributed by atoms with Crippen LogP contribution in [0.4, 0.5) is 0 Å². The van der Waals surface area contributed by atoms with Gasteiger partial charge in [-0.1, -0.05) is 18.2 Å². The Bertz CT molecular complexity index is 924. The molecule has 0 saturated heterocycles. The lowest BCUT2D eigenvalue weighted by Gasteiger charge is -2.21. The van der Waals surface area contributed by atoms with Gasteiger partial charge in [0.15, 0.2) is 11.5 Å². The van der Waals surface area contributed by atoms with Crippen molar-refractivity contribution in [3.8, 4) is 11.5 Å². The minimum atomic E-state index is -3.58. The van der Waals surface area contributed by atoms with E-state index in [2.05, 4.69) is 9.46 Å². The lowest BCUT2D eigenvalue weighted by molar-refractivity contribution is 0.0600. The molecule has 2 aromatic rings. The van der Waals surface area contributed by atoms with Gasteiger partial charge in [0.05, 0.1) is 18.4 Å². The highest BCUT2D eigenvalue weighted by molar-refractivity contribution is 7.88. The molecule has 1 aliphatic heterocycles. The molecular formula is C19H21NO6S. The predicted molar refractivity (Wildman–Crippen MR) is 99.4 cm³/mol. The van der Waals surface area contributed by atoms with E-state index in [1.165, 1.54) is 7.11 Å². The Balaban J connectivity index is 1.67. The normalized spacial score (nSPS) is 14.4. The van der Waals surface area contributed by atoms with E-state index in [4.69, 9.17) is 9.47 Å². The molecule has 0 radical (unpaired) electrons. The maximum absolute atomic E-state index is 12.5. The molecule has 7 nitrogen and oxygen atoms in total. The van der Waals surface area contributed by atoms with Crippen molar-refractivity contribution in [2.75, 3.05) is 20.3 Å². The highest BCUT2D eigenvalue weighted by Crippen LogP contribution is 2.32. The maximum atomic E-state index is 12.5. The number of rotatable bonds is 6. The van der Waals surface area contributed by atoms with Crippen LogP contribution in [0.5, 0.6) is 11.5 Å². The topological polar surface area (TPSA) is 90.9 Å². The summed E-state index contributed by atoms with van der Waals surface area (Å²) in [6.45, 7) is 2.74. The van der Waals surface area contributed by atoms with Gasteiger partial charge >= 0.3 is 5.97 Å². The van der Waals surface area contributed by atoms with E-state index >= 15 is 0 Å². The summed E-state index contributed by atoms with van der Waals surface area (Å²) in [6, 6.07) is 11.2. The second-order valence-corrected chi connectivity index (χ2v) is 7.94. The molecule has 0 amide bonds. The van der Waals surface area contributed by atoms with Gasteiger partial charge in [-0.05, 0) is 42.3 Å². The fraction of sp³-hybridized carbons (Fsp3) is 0.316. The van der Waals surface area contributed by atoms with Crippen molar-refractivity contribution in [1.29, 1.82) is 0 Å². The predicted octanol–water partition coefficient (Wildman–Crippen LogP) is 2.43. The number of esters is 1. The standard InChI is InChI=1S/C19H21NO6S/c1-13(16-7-8-17-18(11-16)26-10-9-25-17)20-27(22,23)12-14-3-5-15(6-4-14)19(21)24-2/h3-8,11,13,20H,9-10,12H2,1-2H3/t13-/m1/s1. The zero-order valence-electron chi connectivity index (χ0n) is 15.1. The number of carbonyl (C=O) groups excluding carboxylic acids is 1. The van der Waals surface area contributed by atoms with Crippen LogP contribution in [0, 0.1) is 0 Å². The lowest BCUT2D eigenvalue weighted by Crippen LogP contribution is -2.28. The molecule has 1 N–H and O–H groups in total. The van der Waals surface area contributed by atoms with Crippen molar-refractivity contribution in [2.45, 2.75) is 18.7 Å². The third kappa shape index (κ3) is 4.78. The fourth-order valence-corrected chi connectivity index (χ4v) is 4.17.